The molecular formula is C15H21ClN2O. The minimum atomic E-state index is 0. The summed E-state index contributed by atoms with van der Waals surface area (Å²) in [6, 6.07) is 10.8. The van der Waals surface area contributed by atoms with E-state index >= 15 is 0 Å². The summed E-state index contributed by atoms with van der Waals surface area (Å²) in [6.07, 6.45) is 3.24. The van der Waals surface area contributed by atoms with Crippen molar-refractivity contribution < 1.29 is 4.79 Å². The van der Waals surface area contributed by atoms with Crippen molar-refractivity contribution in [3.8, 4) is 0 Å². The molecule has 0 spiro atoms. The number of piperidine rings is 1. The summed E-state index contributed by atoms with van der Waals surface area (Å²) < 4.78 is 0. The standard InChI is InChI=1S/C15H20N2O.ClH/c18-15(12-7-4-8-16-10-12)17-14-9-13(14)11-5-2-1-3-6-11;/h1-3,5-6,12-14,16H,4,7-10H2,(H,17,18);1H. The highest BCUT2D eigenvalue weighted by atomic mass is 35.5. The van der Waals surface area contributed by atoms with Gasteiger partial charge in [0.15, 0.2) is 0 Å². The van der Waals surface area contributed by atoms with Gasteiger partial charge in [-0.25, -0.2) is 0 Å². The Morgan fingerprint density at radius 2 is 2.05 bits per heavy atom. The molecule has 19 heavy (non-hydrogen) atoms. The Bertz CT molecular complexity index is 417. The summed E-state index contributed by atoms with van der Waals surface area (Å²) in [4.78, 5) is 12.1. The Balaban J connectivity index is 0.00000133. The van der Waals surface area contributed by atoms with Crippen molar-refractivity contribution in [2.75, 3.05) is 13.1 Å². The number of benzene rings is 1. The molecule has 4 heteroatoms. The molecule has 1 aromatic carbocycles. The van der Waals surface area contributed by atoms with Gasteiger partial charge in [0.2, 0.25) is 5.91 Å². The second-order valence-corrected chi connectivity index (χ2v) is 5.41. The van der Waals surface area contributed by atoms with Gasteiger partial charge in [-0.2, -0.15) is 0 Å². The van der Waals surface area contributed by atoms with Crippen molar-refractivity contribution in [3.63, 3.8) is 0 Å². The number of hydrogen-bond acceptors (Lipinski definition) is 2. The molecule has 3 nitrogen and oxygen atoms in total. The lowest BCUT2D eigenvalue weighted by Crippen LogP contribution is -2.41. The topological polar surface area (TPSA) is 41.1 Å². The van der Waals surface area contributed by atoms with Crippen LogP contribution in [-0.4, -0.2) is 25.0 Å². The molecule has 0 bridgehead atoms. The molecule has 1 aliphatic carbocycles. The third kappa shape index (κ3) is 3.48. The van der Waals surface area contributed by atoms with E-state index in [4.69, 9.17) is 0 Å². The van der Waals surface area contributed by atoms with Crippen LogP contribution in [0, 0.1) is 5.92 Å². The predicted octanol–water partition coefficient (Wildman–Crippen LogP) is 2.08. The van der Waals surface area contributed by atoms with Crippen molar-refractivity contribution >= 4 is 18.3 Å². The van der Waals surface area contributed by atoms with Crippen LogP contribution in [0.15, 0.2) is 30.3 Å². The highest BCUT2D eigenvalue weighted by Gasteiger charge is 2.40. The Morgan fingerprint density at radius 3 is 2.74 bits per heavy atom. The van der Waals surface area contributed by atoms with Crippen molar-refractivity contribution in [1.29, 1.82) is 0 Å². The van der Waals surface area contributed by atoms with E-state index in [1.165, 1.54) is 5.56 Å². The molecule has 1 saturated carbocycles. The van der Waals surface area contributed by atoms with E-state index in [2.05, 4.69) is 34.9 Å². The molecule has 2 N–H and O–H groups in total. The molecular weight excluding hydrogens is 260 g/mol. The van der Waals surface area contributed by atoms with Crippen LogP contribution in [-0.2, 0) is 4.79 Å². The largest absolute Gasteiger partial charge is 0.352 e. The molecule has 0 radical (unpaired) electrons. The zero-order chi connectivity index (χ0) is 12.4. The third-order valence-corrected chi connectivity index (χ3v) is 4.01. The number of carbonyl (C=O) groups excluding carboxylic acids is 1. The Kier molecular flexibility index (Phi) is 4.83. The Labute approximate surface area is 120 Å². The minimum absolute atomic E-state index is 0. The smallest absolute Gasteiger partial charge is 0.224 e. The maximum absolute atomic E-state index is 12.1. The van der Waals surface area contributed by atoms with Crippen molar-refractivity contribution in [2.24, 2.45) is 5.92 Å². The molecule has 0 aromatic heterocycles. The highest BCUT2D eigenvalue weighted by molar-refractivity contribution is 5.85. The first-order valence-corrected chi connectivity index (χ1v) is 6.90. The normalized spacial score (nSPS) is 29.2. The van der Waals surface area contributed by atoms with E-state index in [1.807, 2.05) is 6.07 Å². The maximum Gasteiger partial charge on any atom is 0.224 e. The first-order chi connectivity index (χ1) is 8.84. The summed E-state index contributed by atoms with van der Waals surface area (Å²) >= 11 is 0. The monoisotopic (exact) mass is 280 g/mol. The number of rotatable bonds is 3. The molecule has 2 fully saturated rings. The van der Waals surface area contributed by atoms with Gasteiger partial charge >= 0.3 is 0 Å². The lowest BCUT2D eigenvalue weighted by atomic mass is 9.99. The van der Waals surface area contributed by atoms with Gasteiger partial charge in [0, 0.05) is 18.5 Å². The molecule has 1 aromatic rings. The van der Waals surface area contributed by atoms with Gasteiger partial charge in [0.25, 0.3) is 0 Å². The average molecular weight is 281 g/mol. The molecule has 3 atom stereocenters. The van der Waals surface area contributed by atoms with Gasteiger partial charge in [0.05, 0.1) is 5.92 Å². The summed E-state index contributed by atoms with van der Waals surface area (Å²) in [5.74, 6) is 0.952. The number of carbonyl (C=O) groups is 1. The van der Waals surface area contributed by atoms with Crippen LogP contribution in [0.1, 0.15) is 30.7 Å². The third-order valence-electron chi connectivity index (χ3n) is 4.01. The number of hydrogen-bond donors (Lipinski definition) is 2. The number of amides is 1. The molecule has 1 saturated heterocycles. The summed E-state index contributed by atoms with van der Waals surface area (Å²) in [5, 5.41) is 6.48. The lowest BCUT2D eigenvalue weighted by molar-refractivity contribution is -0.125. The van der Waals surface area contributed by atoms with Gasteiger partial charge in [-0.05, 0) is 31.4 Å². The fraction of sp³-hybridized carbons (Fsp3) is 0.533. The number of nitrogens with one attached hydrogen (secondary N) is 2. The second kappa shape index (κ2) is 6.40. The maximum atomic E-state index is 12.1. The van der Waals surface area contributed by atoms with Crippen LogP contribution in [0.3, 0.4) is 0 Å². The molecule has 1 aliphatic heterocycles. The van der Waals surface area contributed by atoms with E-state index in [0.29, 0.717) is 12.0 Å². The van der Waals surface area contributed by atoms with Crippen LogP contribution in [0.25, 0.3) is 0 Å². The SMILES string of the molecule is Cl.O=C(NC1CC1c1ccccc1)C1CCCNC1. The lowest BCUT2D eigenvalue weighted by Gasteiger charge is -2.21. The summed E-state index contributed by atoms with van der Waals surface area (Å²) in [7, 11) is 0. The highest BCUT2D eigenvalue weighted by Crippen LogP contribution is 2.40. The number of halogens is 1. The van der Waals surface area contributed by atoms with Crippen molar-refractivity contribution in [1.82, 2.24) is 10.6 Å². The zero-order valence-corrected chi connectivity index (χ0v) is 11.8. The van der Waals surface area contributed by atoms with Gasteiger partial charge in [-0.15, -0.1) is 12.4 Å². The quantitative estimate of drug-likeness (QED) is 0.890. The average Bonchev–Trinajstić information content (AvgIpc) is 3.20. The van der Waals surface area contributed by atoms with Gasteiger partial charge in [-0.3, -0.25) is 4.79 Å². The zero-order valence-electron chi connectivity index (χ0n) is 11.0. The van der Waals surface area contributed by atoms with E-state index in [-0.39, 0.29) is 24.2 Å². The van der Waals surface area contributed by atoms with Gasteiger partial charge in [-0.1, -0.05) is 30.3 Å². The molecule has 3 rings (SSSR count). The second-order valence-electron chi connectivity index (χ2n) is 5.41. The van der Waals surface area contributed by atoms with Crippen LogP contribution in [0.4, 0.5) is 0 Å². The Hall–Kier alpha value is -1.06. The molecule has 3 unspecified atom stereocenters. The fourth-order valence-corrected chi connectivity index (χ4v) is 2.80. The fourth-order valence-electron chi connectivity index (χ4n) is 2.80. The molecule has 1 heterocycles. The van der Waals surface area contributed by atoms with Crippen molar-refractivity contribution in [2.45, 2.75) is 31.2 Å². The van der Waals surface area contributed by atoms with Crippen LogP contribution in [0.2, 0.25) is 0 Å². The molecule has 1 amide bonds. The van der Waals surface area contributed by atoms with Crippen LogP contribution >= 0.6 is 12.4 Å². The predicted molar refractivity (Wildman–Crippen MR) is 78.6 cm³/mol. The van der Waals surface area contributed by atoms with E-state index < -0.39 is 0 Å². The van der Waals surface area contributed by atoms with Crippen LogP contribution in [0.5, 0.6) is 0 Å². The van der Waals surface area contributed by atoms with Gasteiger partial charge in [0.1, 0.15) is 0 Å². The van der Waals surface area contributed by atoms with E-state index in [1.54, 1.807) is 0 Å². The first kappa shape index (κ1) is 14.4. The Morgan fingerprint density at radius 1 is 1.26 bits per heavy atom. The summed E-state index contributed by atoms with van der Waals surface area (Å²) in [6.45, 7) is 1.90. The van der Waals surface area contributed by atoms with E-state index in [9.17, 15) is 4.79 Å². The molecule has 104 valence electrons. The van der Waals surface area contributed by atoms with Crippen LogP contribution < -0.4 is 10.6 Å². The van der Waals surface area contributed by atoms with E-state index in [0.717, 1.165) is 32.4 Å². The van der Waals surface area contributed by atoms with Gasteiger partial charge < -0.3 is 10.6 Å². The van der Waals surface area contributed by atoms with Crippen molar-refractivity contribution in [3.05, 3.63) is 35.9 Å². The minimum Gasteiger partial charge on any atom is -0.352 e. The summed E-state index contributed by atoms with van der Waals surface area (Å²) in [5.41, 5.74) is 1.35. The first-order valence-electron chi connectivity index (χ1n) is 6.90. The molecule has 2 aliphatic rings.